The fourth-order valence-electron chi connectivity index (χ4n) is 3.14. The van der Waals surface area contributed by atoms with Gasteiger partial charge in [-0.15, -0.1) is 0 Å². The molecule has 4 rings (SSSR count). The molecular formula is C14H20N2O. The third-order valence-corrected chi connectivity index (χ3v) is 4.21. The summed E-state index contributed by atoms with van der Waals surface area (Å²) in [5.74, 6) is 1.18. The number of aryl methyl sites for hydroxylation is 1. The van der Waals surface area contributed by atoms with Crippen molar-refractivity contribution in [2.75, 3.05) is 25.0 Å². The summed E-state index contributed by atoms with van der Waals surface area (Å²) in [4.78, 5) is 2.55. The molecule has 1 aromatic carbocycles. The summed E-state index contributed by atoms with van der Waals surface area (Å²) in [6, 6.07) is 6.16. The van der Waals surface area contributed by atoms with Crippen LogP contribution in [0.1, 0.15) is 18.4 Å². The van der Waals surface area contributed by atoms with Crippen LogP contribution in [-0.4, -0.2) is 35.7 Å². The van der Waals surface area contributed by atoms with Crippen LogP contribution in [0.4, 0.5) is 5.69 Å². The molecule has 0 aromatic heterocycles. The summed E-state index contributed by atoms with van der Waals surface area (Å²) in [5, 5.41) is 13.1. The summed E-state index contributed by atoms with van der Waals surface area (Å²) in [6.07, 6.45) is 2.66. The van der Waals surface area contributed by atoms with E-state index in [0.717, 1.165) is 11.5 Å². The first-order chi connectivity index (χ1) is 8.22. The van der Waals surface area contributed by atoms with Gasteiger partial charge in [0.15, 0.2) is 0 Å². The van der Waals surface area contributed by atoms with Gasteiger partial charge in [0.1, 0.15) is 5.75 Å². The van der Waals surface area contributed by atoms with Gasteiger partial charge in [0.2, 0.25) is 0 Å². The van der Waals surface area contributed by atoms with E-state index in [1.165, 1.54) is 38.2 Å². The molecule has 17 heavy (non-hydrogen) atoms. The van der Waals surface area contributed by atoms with E-state index >= 15 is 0 Å². The van der Waals surface area contributed by atoms with Crippen LogP contribution in [0.15, 0.2) is 18.2 Å². The average Bonchev–Trinajstić information content (AvgIpc) is 2.34. The van der Waals surface area contributed by atoms with Crippen molar-refractivity contribution in [1.29, 1.82) is 0 Å². The number of nitrogens with zero attached hydrogens (tertiary/aromatic N) is 1. The summed E-state index contributed by atoms with van der Waals surface area (Å²) in [6.45, 7) is 5.77. The first kappa shape index (κ1) is 10.9. The molecule has 0 radical (unpaired) electrons. The minimum absolute atomic E-state index is 0.349. The second-order valence-electron chi connectivity index (χ2n) is 5.39. The maximum atomic E-state index is 9.41. The number of nitrogens with one attached hydrogen (secondary N) is 1. The molecule has 1 atom stereocenters. The molecule has 3 fully saturated rings. The third kappa shape index (κ3) is 2.12. The Balaban J connectivity index is 1.74. The molecule has 3 saturated heterocycles. The van der Waals surface area contributed by atoms with Gasteiger partial charge >= 0.3 is 0 Å². The Morgan fingerprint density at radius 3 is 2.65 bits per heavy atom. The first-order valence-corrected chi connectivity index (χ1v) is 6.51. The predicted octanol–water partition coefficient (Wildman–Crippen LogP) is 2.21. The molecule has 1 aromatic rings. The second-order valence-corrected chi connectivity index (χ2v) is 5.39. The van der Waals surface area contributed by atoms with Crippen LogP contribution in [0.2, 0.25) is 0 Å². The summed E-state index contributed by atoms with van der Waals surface area (Å²) < 4.78 is 0. The molecule has 2 N–H and O–H groups in total. The summed E-state index contributed by atoms with van der Waals surface area (Å²) >= 11 is 0. The molecule has 0 saturated carbocycles. The molecule has 3 nitrogen and oxygen atoms in total. The van der Waals surface area contributed by atoms with Crippen LogP contribution in [0.5, 0.6) is 5.75 Å². The van der Waals surface area contributed by atoms with Crippen molar-refractivity contribution in [2.45, 2.75) is 25.8 Å². The zero-order valence-electron chi connectivity index (χ0n) is 10.3. The van der Waals surface area contributed by atoms with Crippen molar-refractivity contribution < 1.29 is 5.11 Å². The van der Waals surface area contributed by atoms with E-state index in [1.807, 2.05) is 19.1 Å². The van der Waals surface area contributed by atoms with Crippen molar-refractivity contribution in [2.24, 2.45) is 5.92 Å². The van der Waals surface area contributed by atoms with E-state index < -0.39 is 0 Å². The first-order valence-electron chi connectivity index (χ1n) is 6.51. The maximum Gasteiger partial charge on any atom is 0.115 e. The second kappa shape index (κ2) is 4.22. The van der Waals surface area contributed by atoms with Crippen molar-refractivity contribution >= 4 is 5.69 Å². The lowest BCUT2D eigenvalue weighted by atomic mass is 9.84. The lowest BCUT2D eigenvalue weighted by Gasteiger charge is -2.45. The van der Waals surface area contributed by atoms with E-state index in [1.54, 1.807) is 6.07 Å². The van der Waals surface area contributed by atoms with Crippen molar-refractivity contribution in [3.8, 4) is 5.75 Å². The van der Waals surface area contributed by atoms with E-state index in [4.69, 9.17) is 0 Å². The van der Waals surface area contributed by atoms with Gasteiger partial charge in [-0.25, -0.2) is 0 Å². The van der Waals surface area contributed by atoms with Gasteiger partial charge in [0.25, 0.3) is 0 Å². The van der Waals surface area contributed by atoms with Gasteiger partial charge in [-0.1, -0.05) is 0 Å². The van der Waals surface area contributed by atoms with E-state index in [0.29, 0.717) is 11.8 Å². The standard InChI is InChI=1S/C14H20N2O/c1-10-8-12(17)2-3-13(10)15-14-9-16-6-4-11(14)5-7-16/h2-3,8,11,14-15,17H,4-7,9H2,1H3. The van der Waals surface area contributed by atoms with Gasteiger partial charge in [-0.05, 0) is 62.5 Å². The molecule has 3 aliphatic rings. The molecule has 3 aliphatic heterocycles. The summed E-state index contributed by atoms with van der Waals surface area (Å²) in [7, 11) is 0. The molecule has 0 spiro atoms. The van der Waals surface area contributed by atoms with Gasteiger partial charge in [-0.2, -0.15) is 0 Å². The Labute approximate surface area is 102 Å². The third-order valence-electron chi connectivity index (χ3n) is 4.21. The molecule has 92 valence electrons. The van der Waals surface area contributed by atoms with Crippen molar-refractivity contribution in [3.63, 3.8) is 0 Å². The Kier molecular flexibility index (Phi) is 2.71. The number of anilines is 1. The Morgan fingerprint density at radius 2 is 2.06 bits per heavy atom. The minimum atomic E-state index is 0.349. The van der Waals surface area contributed by atoms with Crippen LogP contribution in [-0.2, 0) is 0 Å². The van der Waals surface area contributed by atoms with Gasteiger partial charge in [0.05, 0.1) is 0 Å². The van der Waals surface area contributed by atoms with Crippen LogP contribution in [0, 0.1) is 12.8 Å². The quantitative estimate of drug-likeness (QED) is 0.767. The predicted molar refractivity (Wildman–Crippen MR) is 69.4 cm³/mol. The fourth-order valence-corrected chi connectivity index (χ4v) is 3.14. The van der Waals surface area contributed by atoms with E-state index in [9.17, 15) is 5.11 Å². The van der Waals surface area contributed by atoms with Crippen LogP contribution < -0.4 is 5.32 Å². The van der Waals surface area contributed by atoms with Crippen LogP contribution in [0.3, 0.4) is 0 Å². The molecule has 0 amide bonds. The highest BCUT2D eigenvalue weighted by Crippen LogP contribution is 2.31. The molecule has 3 heteroatoms. The molecular weight excluding hydrogens is 212 g/mol. The normalized spacial score (nSPS) is 31.5. The zero-order chi connectivity index (χ0) is 11.8. The van der Waals surface area contributed by atoms with E-state index in [-0.39, 0.29) is 0 Å². The monoisotopic (exact) mass is 232 g/mol. The van der Waals surface area contributed by atoms with Crippen LogP contribution in [0.25, 0.3) is 0 Å². The SMILES string of the molecule is Cc1cc(O)ccc1NC1CN2CCC1CC2. The lowest BCUT2D eigenvalue weighted by molar-refractivity contribution is 0.0975. The number of hydrogen-bond acceptors (Lipinski definition) is 3. The zero-order valence-corrected chi connectivity index (χ0v) is 10.3. The number of rotatable bonds is 2. The fraction of sp³-hybridized carbons (Fsp3) is 0.571. The largest absolute Gasteiger partial charge is 0.508 e. The number of piperidine rings is 3. The van der Waals surface area contributed by atoms with Gasteiger partial charge < -0.3 is 15.3 Å². The molecule has 1 unspecified atom stereocenters. The number of hydrogen-bond donors (Lipinski definition) is 2. The number of fused-ring (bicyclic) bond motifs is 3. The summed E-state index contributed by atoms with van der Waals surface area (Å²) in [5.41, 5.74) is 2.29. The number of phenols is 1. The highest BCUT2D eigenvalue weighted by atomic mass is 16.3. The molecule has 3 heterocycles. The lowest BCUT2D eigenvalue weighted by Crippen LogP contribution is -2.53. The van der Waals surface area contributed by atoms with E-state index in [2.05, 4.69) is 10.2 Å². The van der Waals surface area contributed by atoms with Crippen molar-refractivity contribution in [3.05, 3.63) is 23.8 Å². The van der Waals surface area contributed by atoms with Crippen molar-refractivity contribution in [1.82, 2.24) is 4.90 Å². The van der Waals surface area contributed by atoms with Gasteiger partial charge in [0, 0.05) is 18.3 Å². The number of aromatic hydroxyl groups is 1. The average molecular weight is 232 g/mol. The Morgan fingerprint density at radius 1 is 1.29 bits per heavy atom. The molecule has 2 bridgehead atoms. The topological polar surface area (TPSA) is 35.5 Å². The van der Waals surface area contributed by atoms with Crippen LogP contribution >= 0.6 is 0 Å². The highest BCUT2D eigenvalue weighted by Gasteiger charge is 2.33. The number of benzene rings is 1. The maximum absolute atomic E-state index is 9.41. The molecule has 0 aliphatic carbocycles. The Hall–Kier alpha value is -1.22. The smallest absolute Gasteiger partial charge is 0.115 e. The van der Waals surface area contributed by atoms with Gasteiger partial charge in [-0.3, -0.25) is 0 Å². The highest BCUT2D eigenvalue weighted by molar-refractivity contribution is 5.54. The Bertz CT molecular complexity index is 411. The minimum Gasteiger partial charge on any atom is -0.508 e. The number of phenolic OH excluding ortho intramolecular Hbond substituents is 1.